The van der Waals surface area contributed by atoms with Crippen molar-refractivity contribution in [3.8, 4) is 5.75 Å². The number of hydrogen-bond donors (Lipinski definition) is 1. The molecule has 0 aliphatic heterocycles. The summed E-state index contributed by atoms with van der Waals surface area (Å²) in [5.74, 6) is 0.204. The third-order valence-corrected chi connectivity index (χ3v) is 5.37. The van der Waals surface area contributed by atoms with Crippen LogP contribution < -0.4 is 10.1 Å². The number of ether oxygens (including phenoxy) is 2. The van der Waals surface area contributed by atoms with E-state index in [1.807, 2.05) is 54.7 Å². The highest BCUT2D eigenvalue weighted by Gasteiger charge is 2.13. The van der Waals surface area contributed by atoms with Crippen molar-refractivity contribution in [2.45, 2.75) is 13.5 Å². The molecule has 1 aromatic heterocycles. The van der Waals surface area contributed by atoms with Crippen LogP contribution >= 0.6 is 11.6 Å². The number of esters is 1. The van der Waals surface area contributed by atoms with Crippen LogP contribution in [0.4, 0.5) is 11.4 Å². The van der Waals surface area contributed by atoms with Crippen molar-refractivity contribution in [2.24, 2.45) is 0 Å². The van der Waals surface area contributed by atoms with Gasteiger partial charge in [-0.2, -0.15) is 0 Å². The number of hydrogen-bond acceptors (Lipinski definition) is 5. The van der Waals surface area contributed by atoms with E-state index in [9.17, 15) is 9.59 Å². The summed E-state index contributed by atoms with van der Waals surface area (Å²) < 4.78 is 12.5. The van der Waals surface area contributed by atoms with E-state index in [4.69, 9.17) is 21.1 Å². The van der Waals surface area contributed by atoms with Crippen molar-refractivity contribution in [3.63, 3.8) is 0 Å². The van der Waals surface area contributed by atoms with Crippen molar-refractivity contribution in [2.75, 3.05) is 19.0 Å². The highest BCUT2D eigenvalue weighted by molar-refractivity contribution is 6.31. The molecule has 0 unspecified atom stereocenters. The van der Waals surface area contributed by atoms with Crippen molar-refractivity contribution < 1.29 is 19.1 Å². The summed E-state index contributed by atoms with van der Waals surface area (Å²) in [5.41, 5.74) is 3.97. The van der Waals surface area contributed by atoms with Gasteiger partial charge in [-0.05, 0) is 67.1 Å². The number of ketones is 1. The molecule has 0 atom stereocenters. The summed E-state index contributed by atoms with van der Waals surface area (Å²) in [6.07, 6.45) is 2.03. The minimum absolute atomic E-state index is 0.0153. The first kappa shape index (κ1) is 22.4. The molecule has 0 amide bonds. The second kappa shape index (κ2) is 9.79. The Hall–Kier alpha value is -3.77. The predicted octanol–water partition coefficient (Wildman–Crippen LogP) is 5.84. The molecule has 0 saturated carbocycles. The molecule has 0 saturated heterocycles. The van der Waals surface area contributed by atoms with Crippen LogP contribution in [0.1, 0.15) is 22.8 Å². The van der Waals surface area contributed by atoms with Gasteiger partial charge in [-0.25, -0.2) is 4.79 Å². The summed E-state index contributed by atoms with van der Waals surface area (Å²) in [4.78, 5) is 23.3. The minimum atomic E-state index is -0.457. The number of benzene rings is 3. The Bertz CT molecular complexity index is 1330. The number of halogens is 1. The number of nitrogens with one attached hydrogen (secondary N) is 1. The molecule has 0 aliphatic carbocycles. The smallest absolute Gasteiger partial charge is 0.340 e. The van der Waals surface area contributed by atoms with Gasteiger partial charge >= 0.3 is 5.97 Å². The molecule has 0 spiro atoms. The Kier molecular flexibility index (Phi) is 6.66. The van der Waals surface area contributed by atoms with E-state index in [-0.39, 0.29) is 12.4 Å². The Morgan fingerprint density at radius 3 is 2.67 bits per heavy atom. The van der Waals surface area contributed by atoms with Gasteiger partial charge in [-0.1, -0.05) is 23.7 Å². The van der Waals surface area contributed by atoms with Gasteiger partial charge in [0.25, 0.3) is 0 Å². The molecule has 33 heavy (non-hydrogen) atoms. The second-order valence-corrected chi connectivity index (χ2v) is 8.10. The Labute approximate surface area is 196 Å². The molecular weight excluding hydrogens is 440 g/mol. The monoisotopic (exact) mass is 462 g/mol. The van der Waals surface area contributed by atoms with E-state index in [1.165, 1.54) is 14.0 Å². The standard InChI is InChI=1S/C26H23ClN2O4/c1-17(30)16-33-22-5-3-4-18(12-22)15-29-11-10-19-13-21(7-9-25(19)29)28-24-8-6-20(27)14-23(24)26(31)32-2/h3-14,28H,15-16H2,1-2H3. The third-order valence-electron chi connectivity index (χ3n) is 5.13. The number of carbonyl (C=O) groups excluding carboxylic acids is 2. The van der Waals surface area contributed by atoms with Crippen molar-refractivity contribution in [1.29, 1.82) is 0 Å². The van der Waals surface area contributed by atoms with E-state index in [2.05, 4.69) is 9.88 Å². The first-order valence-corrected chi connectivity index (χ1v) is 10.8. The SMILES string of the molecule is COC(=O)c1cc(Cl)ccc1Nc1ccc2c(ccn2Cc2cccc(OCC(C)=O)c2)c1. The molecule has 6 nitrogen and oxygen atoms in total. The quantitative estimate of drug-likeness (QED) is 0.333. The van der Waals surface area contributed by atoms with Gasteiger partial charge in [0.1, 0.15) is 12.4 Å². The Balaban J connectivity index is 1.55. The number of carbonyl (C=O) groups is 2. The molecule has 168 valence electrons. The zero-order chi connectivity index (χ0) is 23.4. The van der Waals surface area contributed by atoms with Crippen LogP contribution in [0.2, 0.25) is 5.02 Å². The maximum atomic E-state index is 12.1. The molecule has 0 radical (unpaired) electrons. The second-order valence-electron chi connectivity index (χ2n) is 7.66. The zero-order valence-electron chi connectivity index (χ0n) is 18.3. The molecule has 7 heteroatoms. The van der Waals surface area contributed by atoms with Crippen molar-refractivity contribution in [3.05, 3.63) is 89.1 Å². The molecule has 4 aromatic rings. The normalized spacial score (nSPS) is 10.8. The molecule has 0 fully saturated rings. The van der Waals surface area contributed by atoms with Crippen LogP contribution in [0.3, 0.4) is 0 Å². The fourth-order valence-corrected chi connectivity index (χ4v) is 3.76. The number of methoxy groups -OCH3 is 1. The van der Waals surface area contributed by atoms with E-state index in [1.54, 1.807) is 18.2 Å². The maximum Gasteiger partial charge on any atom is 0.340 e. The van der Waals surface area contributed by atoms with Gasteiger partial charge in [-0.15, -0.1) is 0 Å². The van der Waals surface area contributed by atoms with Gasteiger partial charge in [0.2, 0.25) is 0 Å². The summed E-state index contributed by atoms with van der Waals surface area (Å²) in [5, 5.41) is 4.80. The van der Waals surface area contributed by atoms with Crippen LogP contribution in [0.25, 0.3) is 10.9 Å². The number of rotatable bonds is 8. The number of fused-ring (bicyclic) bond motifs is 1. The molecule has 0 aliphatic rings. The molecule has 3 aromatic carbocycles. The lowest BCUT2D eigenvalue weighted by Gasteiger charge is -2.12. The summed E-state index contributed by atoms with van der Waals surface area (Å²) in [6.45, 7) is 2.23. The first-order valence-electron chi connectivity index (χ1n) is 10.4. The van der Waals surface area contributed by atoms with E-state index in [0.29, 0.717) is 28.6 Å². The summed E-state index contributed by atoms with van der Waals surface area (Å²) in [7, 11) is 1.34. The zero-order valence-corrected chi connectivity index (χ0v) is 19.1. The lowest BCUT2D eigenvalue weighted by Crippen LogP contribution is -2.07. The minimum Gasteiger partial charge on any atom is -0.486 e. The molecule has 1 N–H and O–H groups in total. The number of aromatic nitrogens is 1. The fourth-order valence-electron chi connectivity index (χ4n) is 3.59. The topological polar surface area (TPSA) is 69.6 Å². The van der Waals surface area contributed by atoms with Crippen molar-refractivity contribution >= 4 is 45.6 Å². The van der Waals surface area contributed by atoms with Crippen LogP contribution in [-0.2, 0) is 16.1 Å². The summed E-state index contributed by atoms with van der Waals surface area (Å²) in [6, 6.07) is 20.8. The van der Waals surface area contributed by atoms with Crippen LogP contribution in [0, 0.1) is 0 Å². The van der Waals surface area contributed by atoms with Crippen LogP contribution in [-0.4, -0.2) is 30.0 Å². The third kappa shape index (κ3) is 5.35. The fraction of sp³-hybridized carbons (Fsp3) is 0.154. The number of nitrogens with zero attached hydrogens (tertiary/aromatic N) is 1. The first-order chi connectivity index (χ1) is 15.9. The predicted molar refractivity (Wildman–Crippen MR) is 130 cm³/mol. The van der Waals surface area contributed by atoms with E-state index < -0.39 is 5.97 Å². The maximum absolute atomic E-state index is 12.1. The lowest BCUT2D eigenvalue weighted by atomic mass is 10.1. The number of anilines is 2. The average molecular weight is 463 g/mol. The van der Waals surface area contributed by atoms with Crippen LogP contribution in [0.5, 0.6) is 5.75 Å². The Morgan fingerprint density at radius 1 is 1.03 bits per heavy atom. The largest absolute Gasteiger partial charge is 0.486 e. The van der Waals surface area contributed by atoms with Crippen molar-refractivity contribution in [1.82, 2.24) is 4.57 Å². The molecule has 1 heterocycles. The van der Waals surface area contributed by atoms with Gasteiger partial charge in [0.05, 0.1) is 18.4 Å². The van der Waals surface area contributed by atoms with Gasteiger partial charge < -0.3 is 19.4 Å². The highest BCUT2D eigenvalue weighted by Crippen LogP contribution is 2.28. The summed E-state index contributed by atoms with van der Waals surface area (Å²) >= 11 is 6.05. The average Bonchev–Trinajstić information content (AvgIpc) is 3.20. The van der Waals surface area contributed by atoms with Gasteiger partial charge in [0, 0.05) is 34.4 Å². The van der Waals surface area contributed by atoms with Gasteiger partial charge in [-0.3, -0.25) is 4.79 Å². The van der Waals surface area contributed by atoms with Gasteiger partial charge in [0.15, 0.2) is 5.78 Å². The number of Topliss-reactive ketones (excluding diaryl/α,β-unsaturated/α-hetero) is 1. The molecule has 4 rings (SSSR count). The Morgan fingerprint density at radius 2 is 1.88 bits per heavy atom. The van der Waals surface area contributed by atoms with E-state index >= 15 is 0 Å². The van der Waals surface area contributed by atoms with E-state index in [0.717, 1.165) is 22.2 Å². The lowest BCUT2D eigenvalue weighted by molar-refractivity contribution is -0.118. The molecular formula is C26H23ClN2O4. The molecule has 0 bridgehead atoms. The highest BCUT2D eigenvalue weighted by atomic mass is 35.5. The van der Waals surface area contributed by atoms with Crippen LogP contribution in [0.15, 0.2) is 72.9 Å².